The van der Waals surface area contributed by atoms with Crippen molar-refractivity contribution in [2.75, 3.05) is 45.9 Å². The van der Waals surface area contributed by atoms with E-state index in [1.807, 2.05) is 17.0 Å². The Morgan fingerprint density at radius 1 is 1.00 bits per heavy atom. The van der Waals surface area contributed by atoms with E-state index >= 15 is 0 Å². The molecule has 0 radical (unpaired) electrons. The minimum Gasteiger partial charge on any atom is -0.493 e. The molecule has 1 saturated heterocycles. The van der Waals surface area contributed by atoms with E-state index < -0.39 is 10.1 Å². The summed E-state index contributed by atoms with van der Waals surface area (Å²) in [7, 11) is 0.512. The Bertz CT molecular complexity index is 1030. The van der Waals surface area contributed by atoms with Gasteiger partial charge in [0.1, 0.15) is 4.90 Å². The Kier molecular flexibility index (Phi) is 7.86. The van der Waals surface area contributed by atoms with Gasteiger partial charge in [-0.1, -0.05) is 31.5 Å². The molecule has 1 unspecified atom stereocenters. The molecule has 0 amide bonds. The van der Waals surface area contributed by atoms with E-state index in [1.54, 1.807) is 39.5 Å². The van der Waals surface area contributed by atoms with Crippen molar-refractivity contribution in [1.29, 1.82) is 0 Å². The zero-order valence-corrected chi connectivity index (χ0v) is 19.9. The van der Waals surface area contributed by atoms with E-state index in [4.69, 9.17) is 14.2 Å². The molecule has 0 aromatic heterocycles. The summed E-state index contributed by atoms with van der Waals surface area (Å²) in [6, 6.07) is 10.7. The third-order valence-corrected chi connectivity index (χ3v) is 6.77. The van der Waals surface area contributed by atoms with Gasteiger partial charge in [-0.3, -0.25) is 9.45 Å². The minimum atomic E-state index is -4.30. The second-order valence-electron chi connectivity index (χ2n) is 7.80. The molecule has 1 atom stereocenters. The number of anilines is 1. The Labute approximate surface area is 190 Å². The highest BCUT2D eigenvalue weighted by Gasteiger charge is 2.30. The number of para-hydroxylation sites is 1. The highest BCUT2D eigenvalue weighted by atomic mass is 32.2. The predicted octanol–water partition coefficient (Wildman–Crippen LogP) is 3.45. The number of ether oxygens (including phenoxy) is 3. The molecule has 2 aromatic carbocycles. The van der Waals surface area contributed by atoms with Crippen molar-refractivity contribution in [2.24, 2.45) is 0 Å². The van der Waals surface area contributed by atoms with E-state index in [2.05, 4.69) is 11.8 Å². The molecule has 3 rings (SSSR count). The van der Waals surface area contributed by atoms with Crippen LogP contribution < -0.4 is 19.1 Å². The first-order chi connectivity index (χ1) is 15.3. The number of methoxy groups -OCH3 is 3. The molecule has 9 heteroatoms. The standard InChI is InChI=1S/C23H32N2O6S/c1-5-8-18-16-25(19-9-6-7-10-21(19)32(26,27)28)14-13-24(18)15-17-11-12-20(29-2)23(31-4)22(17)30-3/h6-7,9-12,18H,5,8,13-16H2,1-4H3,(H,26,27,28). The van der Waals surface area contributed by atoms with Crippen LogP contribution in [-0.4, -0.2) is 64.9 Å². The SMILES string of the molecule is CCCC1CN(c2ccccc2S(=O)(=O)O)CCN1Cc1ccc(OC)c(OC)c1OC. The van der Waals surface area contributed by atoms with Gasteiger partial charge < -0.3 is 19.1 Å². The van der Waals surface area contributed by atoms with Crippen molar-refractivity contribution in [1.82, 2.24) is 4.90 Å². The van der Waals surface area contributed by atoms with E-state index in [9.17, 15) is 13.0 Å². The zero-order chi connectivity index (χ0) is 23.3. The van der Waals surface area contributed by atoms with Gasteiger partial charge in [0.15, 0.2) is 11.5 Å². The van der Waals surface area contributed by atoms with Crippen LogP contribution in [0.4, 0.5) is 5.69 Å². The number of rotatable bonds is 9. The average molecular weight is 465 g/mol. The predicted molar refractivity (Wildman–Crippen MR) is 124 cm³/mol. The molecule has 176 valence electrons. The largest absolute Gasteiger partial charge is 0.493 e. The maximum atomic E-state index is 11.9. The normalized spacial score (nSPS) is 17.3. The number of piperazine rings is 1. The monoisotopic (exact) mass is 464 g/mol. The van der Waals surface area contributed by atoms with Gasteiger partial charge in [-0.25, -0.2) is 0 Å². The second kappa shape index (κ2) is 10.4. The minimum absolute atomic E-state index is 0.0507. The summed E-state index contributed by atoms with van der Waals surface area (Å²) in [4.78, 5) is 4.39. The van der Waals surface area contributed by atoms with Crippen LogP contribution in [0.5, 0.6) is 17.2 Å². The molecule has 0 spiro atoms. The maximum absolute atomic E-state index is 11.9. The third kappa shape index (κ3) is 5.11. The van der Waals surface area contributed by atoms with Crippen molar-refractivity contribution in [3.05, 3.63) is 42.0 Å². The average Bonchev–Trinajstić information content (AvgIpc) is 2.79. The fourth-order valence-corrected chi connectivity index (χ4v) is 5.08. The van der Waals surface area contributed by atoms with Gasteiger partial charge in [-0.2, -0.15) is 8.42 Å². The summed E-state index contributed by atoms with van der Waals surface area (Å²) in [5, 5.41) is 0. The van der Waals surface area contributed by atoms with Crippen molar-refractivity contribution in [3.63, 3.8) is 0 Å². The van der Waals surface area contributed by atoms with Gasteiger partial charge >= 0.3 is 0 Å². The number of nitrogens with zero attached hydrogens (tertiary/aromatic N) is 2. The smallest absolute Gasteiger partial charge is 0.296 e. The first kappa shape index (κ1) is 24.2. The van der Waals surface area contributed by atoms with Crippen LogP contribution in [0.3, 0.4) is 0 Å². The highest BCUT2D eigenvalue weighted by Crippen LogP contribution is 2.40. The molecule has 1 heterocycles. The molecule has 32 heavy (non-hydrogen) atoms. The Balaban J connectivity index is 1.87. The first-order valence-corrected chi connectivity index (χ1v) is 12.1. The third-order valence-electron chi connectivity index (χ3n) is 5.87. The van der Waals surface area contributed by atoms with Gasteiger partial charge in [-0.05, 0) is 24.6 Å². The molecule has 1 N–H and O–H groups in total. The molecule has 0 aliphatic carbocycles. The van der Waals surface area contributed by atoms with Crippen molar-refractivity contribution >= 4 is 15.8 Å². The summed E-state index contributed by atoms with van der Waals surface area (Å²) in [6.45, 7) is 4.85. The second-order valence-corrected chi connectivity index (χ2v) is 9.19. The fraction of sp³-hybridized carbons (Fsp3) is 0.478. The lowest BCUT2D eigenvalue weighted by molar-refractivity contribution is 0.156. The summed E-state index contributed by atoms with van der Waals surface area (Å²) >= 11 is 0. The molecule has 0 saturated carbocycles. The molecular formula is C23H32N2O6S. The summed E-state index contributed by atoms with van der Waals surface area (Å²) < 4.78 is 50.0. The lowest BCUT2D eigenvalue weighted by Crippen LogP contribution is -2.53. The summed E-state index contributed by atoms with van der Waals surface area (Å²) in [5.41, 5.74) is 1.54. The topological polar surface area (TPSA) is 88.5 Å². The van der Waals surface area contributed by atoms with Gasteiger partial charge in [0, 0.05) is 37.8 Å². The quantitative estimate of drug-likeness (QED) is 0.565. The highest BCUT2D eigenvalue weighted by molar-refractivity contribution is 7.86. The first-order valence-electron chi connectivity index (χ1n) is 10.7. The number of hydrogen-bond donors (Lipinski definition) is 1. The van der Waals surface area contributed by atoms with Crippen LogP contribution in [0.15, 0.2) is 41.3 Å². The molecule has 1 aliphatic rings. The summed E-state index contributed by atoms with van der Waals surface area (Å²) in [6.07, 6.45) is 1.96. The lowest BCUT2D eigenvalue weighted by Gasteiger charge is -2.43. The van der Waals surface area contributed by atoms with Gasteiger partial charge in [0.25, 0.3) is 10.1 Å². The molecule has 1 aliphatic heterocycles. The van der Waals surface area contributed by atoms with Crippen LogP contribution in [0, 0.1) is 0 Å². The molecule has 1 fully saturated rings. The van der Waals surface area contributed by atoms with Crippen LogP contribution >= 0.6 is 0 Å². The van der Waals surface area contributed by atoms with Crippen LogP contribution in [0.1, 0.15) is 25.3 Å². The number of benzene rings is 2. The van der Waals surface area contributed by atoms with Crippen LogP contribution in [-0.2, 0) is 16.7 Å². The van der Waals surface area contributed by atoms with Crippen molar-refractivity contribution in [3.8, 4) is 17.2 Å². The molecular weight excluding hydrogens is 432 g/mol. The van der Waals surface area contributed by atoms with Gasteiger partial charge in [-0.15, -0.1) is 0 Å². The fourth-order valence-electron chi connectivity index (χ4n) is 4.37. The Morgan fingerprint density at radius 3 is 2.34 bits per heavy atom. The number of hydrogen-bond acceptors (Lipinski definition) is 7. The molecule has 2 aromatic rings. The van der Waals surface area contributed by atoms with Gasteiger partial charge in [0.2, 0.25) is 5.75 Å². The summed E-state index contributed by atoms with van der Waals surface area (Å²) in [5.74, 6) is 1.84. The van der Waals surface area contributed by atoms with Crippen LogP contribution in [0.25, 0.3) is 0 Å². The van der Waals surface area contributed by atoms with E-state index in [1.165, 1.54) is 6.07 Å². The zero-order valence-electron chi connectivity index (χ0n) is 19.1. The van der Waals surface area contributed by atoms with E-state index in [-0.39, 0.29) is 10.9 Å². The van der Waals surface area contributed by atoms with Gasteiger partial charge in [0.05, 0.1) is 27.0 Å². The Hall–Kier alpha value is -2.49. The van der Waals surface area contributed by atoms with Crippen LogP contribution in [0.2, 0.25) is 0 Å². The van der Waals surface area contributed by atoms with Crippen molar-refractivity contribution in [2.45, 2.75) is 37.2 Å². The van der Waals surface area contributed by atoms with E-state index in [0.29, 0.717) is 42.6 Å². The molecule has 8 nitrogen and oxygen atoms in total. The maximum Gasteiger partial charge on any atom is 0.296 e. The molecule has 0 bridgehead atoms. The van der Waals surface area contributed by atoms with E-state index in [0.717, 1.165) is 24.9 Å². The lowest BCUT2D eigenvalue weighted by atomic mass is 10.0. The van der Waals surface area contributed by atoms with Crippen molar-refractivity contribution < 1.29 is 27.2 Å². The Morgan fingerprint density at radius 2 is 1.72 bits per heavy atom.